The molecule has 0 N–H and O–H groups in total. The van der Waals surface area contributed by atoms with E-state index in [1.165, 1.54) is 24.5 Å². The number of aromatic nitrogens is 3. The number of ether oxygens (including phenoxy) is 1. The van der Waals surface area contributed by atoms with Gasteiger partial charge in [0.05, 0.1) is 18.3 Å². The van der Waals surface area contributed by atoms with Crippen LogP contribution in [0.1, 0.15) is 15.9 Å². The second-order valence-electron chi connectivity index (χ2n) is 6.62. The topological polar surface area (TPSA) is 68.2 Å². The van der Waals surface area contributed by atoms with Crippen LogP contribution < -0.4 is 0 Å². The number of carbonyl (C=O) groups is 1. The maximum absolute atomic E-state index is 13.4. The van der Waals surface area contributed by atoms with E-state index in [1.54, 1.807) is 23.4 Å². The molecular formula is C21H19FN4O2. The Labute approximate surface area is 162 Å². The molecule has 1 fully saturated rings. The van der Waals surface area contributed by atoms with Gasteiger partial charge < -0.3 is 9.64 Å². The average Bonchev–Trinajstić information content (AvgIpc) is 2.74. The molecule has 1 atom stereocenters. The maximum Gasteiger partial charge on any atom is 0.257 e. The van der Waals surface area contributed by atoms with E-state index in [1.807, 2.05) is 18.2 Å². The van der Waals surface area contributed by atoms with Crippen molar-refractivity contribution in [1.29, 1.82) is 0 Å². The van der Waals surface area contributed by atoms with Gasteiger partial charge in [-0.3, -0.25) is 9.78 Å². The van der Waals surface area contributed by atoms with Gasteiger partial charge in [0, 0.05) is 49.9 Å². The van der Waals surface area contributed by atoms with E-state index >= 15 is 0 Å². The standard InChI is InChI=1S/C21H19FN4O2/c22-18-5-1-3-15(9-18)10-19-14-26(7-8-28-19)21(27)17-12-24-20(25-13-17)16-4-2-6-23-11-16/h1-6,9,11-13,19H,7-8,10,14H2/t19-/m0/s1. The number of nitrogens with zero attached hydrogens (tertiary/aromatic N) is 4. The summed E-state index contributed by atoms with van der Waals surface area (Å²) >= 11 is 0. The molecule has 2 aromatic heterocycles. The molecule has 0 radical (unpaired) electrons. The molecule has 28 heavy (non-hydrogen) atoms. The van der Waals surface area contributed by atoms with E-state index in [4.69, 9.17) is 4.74 Å². The first-order valence-corrected chi connectivity index (χ1v) is 9.07. The third kappa shape index (κ3) is 4.20. The lowest BCUT2D eigenvalue weighted by Gasteiger charge is -2.33. The SMILES string of the molecule is O=C(c1cnc(-c2cccnc2)nc1)N1CCO[C@@H](Cc2cccc(F)c2)C1. The third-order valence-electron chi connectivity index (χ3n) is 4.60. The molecule has 0 unspecified atom stereocenters. The quantitative estimate of drug-likeness (QED) is 0.698. The first-order chi connectivity index (χ1) is 13.7. The summed E-state index contributed by atoms with van der Waals surface area (Å²) in [6.45, 7) is 1.39. The Bertz CT molecular complexity index is 950. The van der Waals surface area contributed by atoms with Crippen LogP contribution in [0.4, 0.5) is 4.39 Å². The van der Waals surface area contributed by atoms with Crippen LogP contribution in [0.15, 0.2) is 61.2 Å². The van der Waals surface area contributed by atoms with E-state index < -0.39 is 0 Å². The summed E-state index contributed by atoms with van der Waals surface area (Å²) in [7, 11) is 0. The number of amides is 1. The van der Waals surface area contributed by atoms with Crippen LogP contribution in [-0.2, 0) is 11.2 Å². The highest BCUT2D eigenvalue weighted by Crippen LogP contribution is 2.16. The number of pyridine rings is 1. The average molecular weight is 378 g/mol. The zero-order chi connectivity index (χ0) is 19.3. The number of morpholine rings is 1. The van der Waals surface area contributed by atoms with Crippen LogP contribution in [0.2, 0.25) is 0 Å². The molecule has 3 aromatic rings. The van der Waals surface area contributed by atoms with Gasteiger partial charge in [-0.05, 0) is 29.8 Å². The minimum Gasteiger partial charge on any atom is -0.374 e. The molecule has 3 heterocycles. The molecule has 6 nitrogen and oxygen atoms in total. The van der Waals surface area contributed by atoms with Gasteiger partial charge >= 0.3 is 0 Å². The Kier molecular flexibility index (Phi) is 5.34. The molecule has 1 aliphatic heterocycles. The molecule has 4 rings (SSSR count). The predicted molar refractivity (Wildman–Crippen MR) is 101 cm³/mol. The molecule has 1 saturated heterocycles. The molecule has 0 saturated carbocycles. The van der Waals surface area contributed by atoms with Gasteiger partial charge in [-0.2, -0.15) is 0 Å². The van der Waals surface area contributed by atoms with Crippen LogP contribution in [0, 0.1) is 5.82 Å². The van der Waals surface area contributed by atoms with Crippen molar-refractivity contribution in [3.8, 4) is 11.4 Å². The zero-order valence-corrected chi connectivity index (χ0v) is 15.2. The normalized spacial score (nSPS) is 16.8. The van der Waals surface area contributed by atoms with Gasteiger partial charge in [0.2, 0.25) is 0 Å². The number of hydrogen-bond acceptors (Lipinski definition) is 5. The highest BCUT2D eigenvalue weighted by atomic mass is 19.1. The second kappa shape index (κ2) is 8.22. The van der Waals surface area contributed by atoms with E-state index in [0.717, 1.165) is 11.1 Å². The minimum absolute atomic E-state index is 0.134. The van der Waals surface area contributed by atoms with Crippen molar-refractivity contribution >= 4 is 5.91 Å². The number of hydrogen-bond donors (Lipinski definition) is 0. The minimum atomic E-state index is -0.271. The summed E-state index contributed by atoms with van der Waals surface area (Å²) in [6.07, 6.45) is 6.81. The molecule has 1 aliphatic rings. The lowest BCUT2D eigenvalue weighted by molar-refractivity contribution is -0.0208. The lowest BCUT2D eigenvalue weighted by Crippen LogP contribution is -2.46. The monoisotopic (exact) mass is 378 g/mol. The fraction of sp³-hybridized carbons (Fsp3) is 0.238. The Morgan fingerprint density at radius 1 is 1.18 bits per heavy atom. The van der Waals surface area contributed by atoms with Gasteiger partial charge in [0.25, 0.3) is 5.91 Å². The largest absolute Gasteiger partial charge is 0.374 e. The van der Waals surface area contributed by atoms with Gasteiger partial charge in [0.15, 0.2) is 5.82 Å². The molecule has 142 valence electrons. The molecule has 0 aliphatic carbocycles. The fourth-order valence-corrected chi connectivity index (χ4v) is 3.22. The van der Waals surface area contributed by atoms with Crippen LogP contribution in [0.25, 0.3) is 11.4 Å². The summed E-state index contributed by atoms with van der Waals surface area (Å²) in [5, 5.41) is 0. The number of benzene rings is 1. The van der Waals surface area contributed by atoms with E-state index in [2.05, 4.69) is 15.0 Å². The maximum atomic E-state index is 13.4. The lowest BCUT2D eigenvalue weighted by atomic mass is 10.1. The number of carbonyl (C=O) groups excluding carboxylic acids is 1. The first kappa shape index (κ1) is 18.2. The Morgan fingerprint density at radius 3 is 2.79 bits per heavy atom. The van der Waals surface area contributed by atoms with Crippen LogP contribution in [-0.4, -0.2) is 51.6 Å². The van der Waals surface area contributed by atoms with Gasteiger partial charge in [-0.1, -0.05) is 12.1 Å². The smallest absolute Gasteiger partial charge is 0.257 e. The Hall–Kier alpha value is -3.19. The number of rotatable bonds is 4. The van der Waals surface area contributed by atoms with E-state index in [9.17, 15) is 9.18 Å². The second-order valence-corrected chi connectivity index (χ2v) is 6.62. The number of halogens is 1. The van der Waals surface area contributed by atoms with Crippen molar-refractivity contribution in [2.24, 2.45) is 0 Å². The van der Waals surface area contributed by atoms with Crippen LogP contribution in [0.5, 0.6) is 0 Å². The van der Waals surface area contributed by atoms with Crippen LogP contribution in [0.3, 0.4) is 0 Å². The summed E-state index contributed by atoms with van der Waals surface area (Å²) in [5.41, 5.74) is 2.07. The summed E-state index contributed by atoms with van der Waals surface area (Å²) in [6, 6.07) is 10.1. The summed E-state index contributed by atoms with van der Waals surface area (Å²) in [5.74, 6) is 0.119. The van der Waals surface area contributed by atoms with Crippen molar-refractivity contribution in [2.75, 3.05) is 19.7 Å². The van der Waals surface area contributed by atoms with Crippen LogP contribution >= 0.6 is 0 Å². The summed E-state index contributed by atoms with van der Waals surface area (Å²) < 4.78 is 19.1. The zero-order valence-electron chi connectivity index (χ0n) is 15.2. The molecule has 0 bridgehead atoms. The van der Waals surface area contributed by atoms with Gasteiger partial charge in [0.1, 0.15) is 5.82 Å². The summed E-state index contributed by atoms with van der Waals surface area (Å²) in [4.78, 5) is 27.2. The van der Waals surface area contributed by atoms with Crippen molar-refractivity contribution in [3.05, 3.63) is 78.1 Å². The van der Waals surface area contributed by atoms with Gasteiger partial charge in [-0.25, -0.2) is 14.4 Å². The van der Waals surface area contributed by atoms with E-state index in [-0.39, 0.29) is 17.8 Å². The molecule has 7 heteroatoms. The fourth-order valence-electron chi connectivity index (χ4n) is 3.22. The van der Waals surface area contributed by atoms with Crippen molar-refractivity contribution < 1.29 is 13.9 Å². The highest BCUT2D eigenvalue weighted by molar-refractivity contribution is 5.93. The van der Waals surface area contributed by atoms with Crippen molar-refractivity contribution in [1.82, 2.24) is 19.9 Å². The molecule has 1 amide bonds. The van der Waals surface area contributed by atoms with Gasteiger partial charge in [-0.15, -0.1) is 0 Å². The molecule has 1 aromatic carbocycles. The Balaban J connectivity index is 1.42. The molecule has 0 spiro atoms. The first-order valence-electron chi connectivity index (χ1n) is 9.07. The third-order valence-corrected chi connectivity index (χ3v) is 4.60. The molecular weight excluding hydrogens is 359 g/mol. The highest BCUT2D eigenvalue weighted by Gasteiger charge is 2.25. The van der Waals surface area contributed by atoms with Crippen molar-refractivity contribution in [3.63, 3.8) is 0 Å². The van der Waals surface area contributed by atoms with Crippen molar-refractivity contribution in [2.45, 2.75) is 12.5 Å². The van der Waals surface area contributed by atoms with E-state index in [0.29, 0.717) is 37.5 Å². The predicted octanol–water partition coefficient (Wildman–Crippen LogP) is 2.76. The Morgan fingerprint density at radius 2 is 2.04 bits per heavy atom.